The van der Waals surface area contributed by atoms with E-state index in [9.17, 15) is 9.90 Å². The fourth-order valence-corrected chi connectivity index (χ4v) is 3.14. The lowest BCUT2D eigenvalue weighted by Crippen LogP contribution is -2.21. The van der Waals surface area contributed by atoms with Gasteiger partial charge >= 0.3 is 0 Å². The van der Waals surface area contributed by atoms with Crippen LogP contribution in [0.3, 0.4) is 0 Å². The van der Waals surface area contributed by atoms with Crippen molar-refractivity contribution in [1.82, 2.24) is 0 Å². The number of aryl methyl sites for hydroxylation is 1. The molecule has 4 heteroatoms. The van der Waals surface area contributed by atoms with Gasteiger partial charge in [-0.3, -0.25) is 4.79 Å². The molecule has 0 bridgehead atoms. The first-order valence-corrected chi connectivity index (χ1v) is 8.35. The van der Waals surface area contributed by atoms with E-state index in [1.54, 1.807) is 0 Å². The number of nitrogens with one attached hydrogen (secondary N) is 1. The summed E-state index contributed by atoms with van der Waals surface area (Å²) in [6.07, 6.45) is 2.16. The molecule has 0 spiro atoms. The van der Waals surface area contributed by atoms with E-state index < -0.39 is 6.10 Å². The van der Waals surface area contributed by atoms with E-state index >= 15 is 0 Å². The number of fused-ring (bicyclic) bond motifs is 1. The highest BCUT2D eigenvalue weighted by molar-refractivity contribution is 5.92. The number of hydrogen-bond acceptors (Lipinski definition) is 3. The van der Waals surface area contributed by atoms with Gasteiger partial charge in [-0.25, -0.2) is 0 Å². The van der Waals surface area contributed by atoms with E-state index in [1.807, 2.05) is 50.2 Å². The maximum absolute atomic E-state index is 12.2. The van der Waals surface area contributed by atoms with Crippen LogP contribution in [0.4, 0.5) is 5.69 Å². The third kappa shape index (κ3) is 3.44. The number of amides is 1. The third-order valence-corrected chi connectivity index (χ3v) is 4.67. The van der Waals surface area contributed by atoms with Gasteiger partial charge in [0, 0.05) is 5.69 Å². The Morgan fingerprint density at radius 2 is 2.04 bits per heavy atom. The average molecular weight is 325 g/mol. The molecule has 1 aliphatic carbocycles. The van der Waals surface area contributed by atoms with Crippen LogP contribution in [0.25, 0.3) is 0 Å². The van der Waals surface area contributed by atoms with Crippen LogP contribution in [0, 0.1) is 13.8 Å². The molecule has 4 nitrogen and oxygen atoms in total. The van der Waals surface area contributed by atoms with Gasteiger partial charge < -0.3 is 15.2 Å². The number of ether oxygens (including phenoxy) is 1. The van der Waals surface area contributed by atoms with Crippen LogP contribution in [-0.4, -0.2) is 17.6 Å². The van der Waals surface area contributed by atoms with Crippen LogP contribution < -0.4 is 10.1 Å². The molecule has 2 N–H and O–H groups in total. The van der Waals surface area contributed by atoms with E-state index in [4.69, 9.17) is 4.74 Å². The summed E-state index contributed by atoms with van der Waals surface area (Å²) >= 11 is 0. The summed E-state index contributed by atoms with van der Waals surface area (Å²) in [5.41, 5.74) is 4.96. The van der Waals surface area contributed by atoms with Crippen molar-refractivity contribution in [3.8, 4) is 5.75 Å². The number of rotatable bonds is 4. The fraction of sp³-hybridized carbons (Fsp3) is 0.350. The zero-order valence-electron chi connectivity index (χ0n) is 14.1. The van der Waals surface area contributed by atoms with Gasteiger partial charge in [-0.05, 0) is 67.5 Å². The zero-order chi connectivity index (χ0) is 17.1. The smallest absolute Gasteiger partial charge is 0.262 e. The quantitative estimate of drug-likeness (QED) is 0.901. The van der Waals surface area contributed by atoms with Gasteiger partial charge in [-0.1, -0.05) is 24.3 Å². The third-order valence-electron chi connectivity index (χ3n) is 4.67. The Labute approximate surface area is 142 Å². The Balaban J connectivity index is 1.67. The van der Waals surface area contributed by atoms with E-state index in [1.165, 1.54) is 0 Å². The topological polar surface area (TPSA) is 58.6 Å². The normalized spacial score (nSPS) is 16.4. The monoisotopic (exact) mass is 325 g/mol. The van der Waals surface area contributed by atoms with E-state index in [0.29, 0.717) is 5.75 Å². The van der Waals surface area contributed by atoms with Crippen molar-refractivity contribution < 1.29 is 14.6 Å². The fourth-order valence-electron chi connectivity index (χ4n) is 3.14. The lowest BCUT2D eigenvalue weighted by molar-refractivity contribution is -0.118. The molecule has 1 unspecified atom stereocenters. The summed E-state index contributed by atoms with van der Waals surface area (Å²) in [5.74, 6) is 0.514. The van der Waals surface area contributed by atoms with E-state index in [-0.39, 0.29) is 12.5 Å². The zero-order valence-corrected chi connectivity index (χ0v) is 14.1. The second-order valence-electron chi connectivity index (χ2n) is 6.32. The van der Waals surface area contributed by atoms with Gasteiger partial charge in [0.1, 0.15) is 5.75 Å². The molecule has 0 radical (unpaired) electrons. The Hall–Kier alpha value is -2.33. The van der Waals surface area contributed by atoms with E-state index in [0.717, 1.165) is 47.2 Å². The van der Waals surface area contributed by atoms with Crippen molar-refractivity contribution in [3.05, 3.63) is 58.7 Å². The van der Waals surface area contributed by atoms with Crippen molar-refractivity contribution >= 4 is 11.6 Å². The summed E-state index contributed by atoms with van der Waals surface area (Å²) in [5, 5.41) is 13.0. The maximum Gasteiger partial charge on any atom is 0.262 e. The molecule has 0 saturated heterocycles. The molecule has 0 aliphatic heterocycles. The van der Waals surface area contributed by atoms with Crippen LogP contribution in [0.15, 0.2) is 36.4 Å². The van der Waals surface area contributed by atoms with Crippen LogP contribution in [0.1, 0.15) is 41.2 Å². The predicted octanol–water partition coefficient (Wildman–Crippen LogP) is 3.69. The highest BCUT2D eigenvalue weighted by Crippen LogP contribution is 2.35. The van der Waals surface area contributed by atoms with Crippen LogP contribution >= 0.6 is 0 Å². The number of anilines is 1. The predicted molar refractivity (Wildman–Crippen MR) is 94.4 cm³/mol. The molecule has 0 heterocycles. The van der Waals surface area contributed by atoms with Crippen molar-refractivity contribution in [2.45, 2.75) is 39.2 Å². The lowest BCUT2D eigenvalue weighted by Gasteiger charge is -2.23. The van der Waals surface area contributed by atoms with Crippen LogP contribution in [-0.2, 0) is 11.2 Å². The molecule has 0 aromatic heterocycles. The Morgan fingerprint density at radius 1 is 1.25 bits per heavy atom. The largest absolute Gasteiger partial charge is 0.483 e. The summed E-state index contributed by atoms with van der Waals surface area (Å²) in [7, 11) is 0. The molecule has 3 rings (SSSR count). The van der Waals surface area contributed by atoms with Crippen molar-refractivity contribution in [2.24, 2.45) is 0 Å². The molecule has 24 heavy (non-hydrogen) atoms. The summed E-state index contributed by atoms with van der Waals surface area (Å²) < 4.78 is 5.73. The number of carbonyl (C=O) groups is 1. The molecule has 0 saturated carbocycles. The summed E-state index contributed by atoms with van der Waals surface area (Å²) in [4.78, 5) is 12.2. The van der Waals surface area contributed by atoms with Crippen molar-refractivity contribution in [1.29, 1.82) is 0 Å². The first kappa shape index (κ1) is 16.5. The van der Waals surface area contributed by atoms with Gasteiger partial charge in [0.2, 0.25) is 0 Å². The first-order chi connectivity index (χ1) is 11.6. The Bertz CT molecular complexity index is 755. The molecular weight excluding hydrogens is 302 g/mol. The lowest BCUT2D eigenvalue weighted by atomic mass is 9.89. The minimum absolute atomic E-state index is 0.0417. The first-order valence-electron chi connectivity index (χ1n) is 8.35. The van der Waals surface area contributed by atoms with Crippen molar-refractivity contribution in [2.75, 3.05) is 11.9 Å². The van der Waals surface area contributed by atoms with Crippen molar-refractivity contribution in [3.63, 3.8) is 0 Å². The minimum atomic E-state index is -0.430. The summed E-state index contributed by atoms with van der Waals surface area (Å²) in [6, 6.07) is 11.5. The number of aliphatic hydroxyl groups excluding tert-OH is 1. The maximum atomic E-state index is 12.2. The number of benzene rings is 2. The molecular formula is C20H23NO3. The Kier molecular flexibility index (Phi) is 4.86. The number of aliphatic hydroxyl groups is 1. The van der Waals surface area contributed by atoms with Gasteiger partial charge in [0.15, 0.2) is 6.61 Å². The molecule has 1 atom stereocenters. The summed E-state index contributed by atoms with van der Waals surface area (Å²) in [6.45, 7) is 3.96. The second-order valence-corrected chi connectivity index (χ2v) is 6.32. The SMILES string of the molecule is Cc1cccc(NC(=O)COc2cccc3c2CCCC3O)c1C. The second kappa shape index (κ2) is 7.05. The molecule has 1 amide bonds. The highest BCUT2D eigenvalue weighted by atomic mass is 16.5. The molecule has 2 aromatic rings. The standard InChI is InChI=1S/C20H23NO3/c1-13-6-3-9-17(14(13)2)21-20(23)12-24-19-11-5-7-15-16(19)8-4-10-18(15)22/h3,5-7,9,11,18,22H,4,8,10,12H2,1-2H3,(H,21,23). The molecule has 126 valence electrons. The molecule has 2 aromatic carbocycles. The van der Waals surface area contributed by atoms with Crippen LogP contribution in [0.2, 0.25) is 0 Å². The van der Waals surface area contributed by atoms with E-state index in [2.05, 4.69) is 5.32 Å². The average Bonchev–Trinajstić information content (AvgIpc) is 2.58. The number of hydrogen-bond donors (Lipinski definition) is 2. The number of carbonyl (C=O) groups excluding carboxylic acids is 1. The van der Waals surface area contributed by atoms with Crippen LogP contribution in [0.5, 0.6) is 5.75 Å². The highest BCUT2D eigenvalue weighted by Gasteiger charge is 2.21. The molecule has 0 fully saturated rings. The molecule has 1 aliphatic rings. The minimum Gasteiger partial charge on any atom is -0.483 e. The van der Waals surface area contributed by atoms with Gasteiger partial charge in [0.25, 0.3) is 5.91 Å². The van der Waals surface area contributed by atoms with Gasteiger partial charge in [-0.2, -0.15) is 0 Å². The Morgan fingerprint density at radius 3 is 2.88 bits per heavy atom. The van der Waals surface area contributed by atoms with Gasteiger partial charge in [0.05, 0.1) is 6.10 Å². The van der Waals surface area contributed by atoms with Gasteiger partial charge in [-0.15, -0.1) is 0 Å².